The molecule has 0 radical (unpaired) electrons. The molecule has 0 spiro atoms. The molecule has 0 amide bonds. The van der Waals surface area contributed by atoms with Crippen LogP contribution < -0.4 is 0 Å². The predicted octanol–water partition coefficient (Wildman–Crippen LogP) is 2.10. The van der Waals surface area contributed by atoms with Gasteiger partial charge >= 0.3 is 0 Å². The van der Waals surface area contributed by atoms with Gasteiger partial charge in [0.25, 0.3) is 0 Å². The second-order valence-electron chi connectivity index (χ2n) is 5.70. The smallest absolute Gasteiger partial charge is 0.169 e. The molecule has 0 N–H and O–H groups in total. The van der Waals surface area contributed by atoms with Gasteiger partial charge in [0.2, 0.25) is 0 Å². The maximum absolute atomic E-state index is 11.3. The number of thiophene rings is 1. The molecule has 1 fully saturated rings. The van der Waals surface area contributed by atoms with Crippen LogP contribution in [0.15, 0.2) is 11.4 Å². The second-order valence-corrected chi connectivity index (χ2v) is 6.61. The number of nitrogens with zero attached hydrogens (tertiary/aromatic N) is 2. The summed E-state index contributed by atoms with van der Waals surface area (Å²) in [6.07, 6.45) is 1.41. The summed E-state index contributed by atoms with van der Waals surface area (Å²) in [6.45, 7) is 6.38. The SMILES string of the molecule is CC(=O)c1cc(CN2CCOC(CCN(C)C)C2)cs1. The third-order valence-corrected chi connectivity index (χ3v) is 4.61. The van der Waals surface area contributed by atoms with E-state index in [9.17, 15) is 4.79 Å². The average molecular weight is 296 g/mol. The third-order valence-electron chi connectivity index (χ3n) is 3.53. The lowest BCUT2D eigenvalue weighted by molar-refractivity contribution is -0.0369. The van der Waals surface area contributed by atoms with Gasteiger partial charge in [0.15, 0.2) is 5.78 Å². The average Bonchev–Trinajstić information content (AvgIpc) is 2.85. The Balaban J connectivity index is 1.84. The fourth-order valence-electron chi connectivity index (χ4n) is 2.40. The van der Waals surface area contributed by atoms with Gasteiger partial charge in [-0.3, -0.25) is 9.69 Å². The highest BCUT2D eigenvalue weighted by Crippen LogP contribution is 2.18. The lowest BCUT2D eigenvalue weighted by Gasteiger charge is -2.33. The van der Waals surface area contributed by atoms with Crippen LogP contribution >= 0.6 is 11.3 Å². The number of carbonyl (C=O) groups is 1. The minimum atomic E-state index is 0.159. The molecule has 5 heteroatoms. The van der Waals surface area contributed by atoms with Crippen molar-refractivity contribution in [3.8, 4) is 0 Å². The van der Waals surface area contributed by atoms with E-state index in [0.29, 0.717) is 6.10 Å². The maximum Gasteiger partial charge on any atom is 0.169 e. The molecule has 1 aliphatic rings. The minimum Gasteiger partial charge on any atom is -0.376 e. The number of hydrogen-bond acceptors (Lipinski definition) is 5. The molecule has 20 heavy (non-hydrogen) atoms. The molecule has 1 atom stereocenters. The number of carbonyl (C=O) groups excluding carboxylic acids is 1. The Morgan fingerprint density at radius 1 is 1.55 bits per heavy atom. The van der Waals surface area contributed by atoms with Crippen LogP contribution in [0, 0.1) is 0 Å². The van der Waals surface area contributed by atoms with Crippen LogP contribution in [0.3, 0.4) is 0 Å². The molecule has 2 rings (SSSR count). The van der Waals surface area contributed by atoms with Crippen LogP contribution in [0.2, 0.25) is 0 Å². The van der Waals surface area contributed by atoms with Crippen molar-refractivity contribution < 1.29 is 9.53 Å². The number of ketones is 1. The summed E-state index contributed by atoms with van der Waals surface area (Å²) < 4.78 is 5.82. The number of hydrogen-bond donors (Lipinski definition) is 0. The van der Waals surface area contributed by atoms with Crippen LogP contribution in [0.4, 0.5) is 0 Å². The highest BCUT2D eigenvalue weighted by atomic mass is 32.1. The molecule has 0 aromatic carbocycles. The molecule has 1 aromatic rings. The van der Waals surface area contributed by atoms with Crippen LogP contribution in [0.5, 0.6) is 0 Å². The highest BCUT2D eigenvalue weighted by molar-refractivity contribution is 7.12. The molecule has 1 unspecified atom stereocenters. The molecule has 1 aliphatic heterocycles. The quantitative estimate of drug-likeness (QED) is 0.753. The maximum atomic E-state index is 11.3. The van der Waals surface area contributed by atoms with Crippen molar-refractivity contribution in [2.45, 2.75) is 26.0 Å². The number of ether oxygens (including phenoxy) is 1. The first-order chi connectivity index (χ1) is 9.54. The van der Waals surface area contributed by atoms with E-state index in [0.717, 1.165) is 44.1 Å². The Hall–Kier alpha value is -0.750. The Morgan fingerprint density at radius 2 is 2.35 bits per heavy atom. The van der Waals surface area contributed by atoms with E-state index >= 15 is 0 Å². The van der Waals surface area contributed by atoms with E-state index in [-0.39, 0.29) is 5.78 Å². The Bertz CT molecular complexity index is 445. The van der Waals surface area contributed by atoms with Gasteiger partial charge in [-0.05, 0) is 44.4 Å². The molecule has 2 heterocycles. The normalized spacial score (nSPS) is 20.5. The Labute approximate surface area is 125 Å². The van der Waals surface area contributed by atoms with Crippen LogP contribution in [-0.2, 0) is 11.3 Å². The lowest BCUT2D eigenvalue weighted by Crippen LogP contribution is -2.42. The zero-order valence-electron chi connectivity index (χ0n) is 12.6. The Morgan fingerprint density at radius 3 is 3.00 bits per heavy atom. The molecule has 0 bridgehead atoms. The van der Waals surface area contributed by atoms with Crippen molar-refractivity contribution in [1.29, 1.82) is 0 Å². The summed E-state index contributed by atoms with van der Waals surface area (Å²) in [6, 6.07) is 2.03. The van der Waals surface area contributed by atoms with Crippen molar-refractivity contribution in [3.05, 3.63) is 21.9 Å². The zero-order chi connectivity index (χ0) is 14.5. The van der Waals surface area contributed by atoms with Crippen molar-refractivity contribution in [2.24, 2.45) is 0 Å². The fourth-order valence-corrected chi connectivity index (χ4v) is 3.21. The van der Waals surface area contributed by atoms with Crippen LogP contribution in [-0.4, -0.2) is 62.0 Å². The van der Waals surface area contributed by atoms with E-state index in [1.807, 2.05) is 6.07 Å². The molecular formula is C15H24N2O2S. The summed E-state index contributed by atoms with van der Waals surface area (Å²) in [5.41, 5.74) is 1.24. The van der Waals surface area contributed by atoms with Crippen molar-refractivity contribution in [2.75, 3.05) is 40.3 Å². The molecule has 1 aromatic heterocycles. The summed E-state index contributed by atoms with van der Waals surface area (Å²) >= 11 is 1.55. The molecule has 112 valence electrons. The number of rotatable bonds is 6. The van der Waals surface area contributed by atoms with Gasteiger partial charge in [-0.25, -0.2) is 0 Å². The van der Waals surface area contributed by atoms with Crippen LogP contribution in [0.1, 0.15) is 28.6 Å². The van der Waals surface area contributed by atoms with E-state index in [1.165, 1.54) is 5.56 Å². The summed E-state index contributed by atoms with van der Waals surface area (Å²) in [4.78, 5) is 16.8. The summed E-state index contributed by atoms with van der Waals surface area (Å²) in [5, 5.41) is 2.10. The zero-order valence-corrected chi connectivity index (χ0v) is 13.4. The van der Waals surface area contributed by atoms with E-state index in [2.05, 4.69) is 29.3 Å². The first-order valence-electron chi connectivity index (χ1n) is 7.11. The first kappa shape index (κ1) is 15.6. The summed E-state index contributed by atoms with van der Waals surface area (Å²) in [7, 11) is 4.18. The standard InChI is InChI=1S/C15H24N2O2S/c1-12(18)15-8-13(11-20-15)9-17-6-7-19-14(10-17)4-5-16(2)3/h8,11,14H,4-7,9-10H2,1-3H3. The Kier molecular flexibility index (Phi) is 5.72. The third kappa shape index (κ3) is 4.66. The van der Waals surface area contributed by atoms with Gasteiger partial charge in [0.1, 0.15) is 0 Å². The minimum absolute atomic E-state index is 0.159. The highest BCUT2D eigenvalue weighted by Gasteiger charge is 2.20. The van der Waals surface area contributed by atoms with Gasteiger partial charge in [0, 0.05) is 26.2 Å². The van der Waals surface area contributed by atoms with E-state index < -0.39 is 0 Å². The van der Waals surface area contributed by atoms with Crippen molar-refractivity contribution in [1.82, 2.24) is 9.80 Å². The van der Waals surface area contributed by atoms with Crippen LogP contribution in [0.25, 0.3) is 0 Å². The van der Waals surface area contributed by atoms with Gasteiger partial charge in [-0.15, -0.1) is 11.3 Å². The summed E-state index contributed by atoms with van der Waals surface area (Å²) in [5.74, 6) is 0.159. The fraction of sp³-hybridized carbons (Fsp3) is 0.667. The predicted molar refractivity (Wildman–Crippen MR) is 82.5 cm³/mol. The largest absolute Gasteiger partial charge is 0.376 e. The van der Waals surface area contributed by atoms with Gasteiger partial charge in [0.05, 0.1) is 17.6 Å². The monoisotopic (exact) mass is 296 g/mol. The molecule has 1 saturated heterocycles. The molecule has 4 nitrogen and oxygen atoms in total. The van der Waals surface area contributed by atoms with E-state index in [4.69, 9.17) is 4.74 Å². The van der Waals surface area contributed by atoms with Gasteiger partial charge in [-0.2, -0.15) is 0 Å². The number of morpholine rings is 1. The topological polar surface area (TPSA) is 32.8 Å². The van der Waals surface area contributed by atoms with Gasteiger partial charge < -0.3 is 9.64 Å². The van der Waals surface area contributed by atoms with Crippen molar-refractivity contribution >= 4 is 17.1 Å². The number of Topliss-reactive ketones (excluding diaryl/α,β-unsaturated/α-hetero) is 1. The van der Waals surface area contributed by atoms with Gasteiger partial charge in [-0.1, -0.05) is 0 Å². The molecular weight excluding hydrogens is 272 g/mol. The lowest BCUT2D eigenvalue weighted by atomic mass is 10.2. The van der Waals surface area contributed by atoms with E-state index in [1.54, 1.807) is 18.3 Å². The molecule has 0 aliphatic carbocycles. The second kappa shape index (κ2) is 7.31. The van der Waals surface area contributed by atoms with Crippen molar-refractivity contribution in [3.63, 3.8) is 0 Å². The molecule has 0 saturated carbocycles. The first-order valence-corrected chi connectivity index (χ1v) is 7.99.